The van der Waals surface area contributed by atoms with Crippen LogP contribution < -0.4 is 11.5 Å². The van der Waals surface area contributed by atoms with Crippen LogP contribution in [0.3, 0.4) is 0 Å². The Kier molecular flexibility index (Phi) is 5.31. The Morgan fingerprint density at radius 3 is 2.35 bits per heavy atom. The molecule has 26 heavy (non-hydrogen) atoms. The van der Waals surface area contributed by atoms with Gasteiger partial charge < -0.3 is 20.9 Å². The van der Waals surface area contributed by atoms with Gasteiger partial charge in [0.2, 0.25) is 10.3 Å². The Bertz CT molecular complexity index is 871. The number of Topliss-reactive ketones (excluding diaryl/α,β-unsaturated/α-hetero) is 1. The molecular weight excluding hydrogens is 424 g/mol. The van der Waals surface area contributed by atoms with E-state index in [-0.39, 0.29) is 21.2 Å². The van der Waals surface area contributed by atoms with E-state index in [1.807, 2.05) is 0 Å². The molecule has 0 bridgehead atoms. The van der Waals surface area contributed by atoms with Crippen LogP contribution in [0, 0.1) is 0 Å². The van der Waals surface area contributed by atoms with Crippen molar-refractivity contribution in [2.75, 3.05) is 18.1 Å². The Hall–Kier alpha value is -1.97. The molecule has 15 heteroatoms. The first kappa shape index (κ1) is 18.8. The van der Waals surface area contributed by atoms with Crippen molar-refractivity contribution < 1.29 is 23.9 Å². The number of nitrogens with zero attached hydrogens (tertiary/aromatic N) is 4. The van der Waals surface area contributed by atoms with Crippen molar-refractivity contribution in [2.24, 2.45) is 0 Å². The fraction of sp³-hybridized carbons (Fsp3) is 0.364. The molecule has 2 unspecified atom stereocenters. The summed E-state index contributed by atoms with van der Waals surface area (Å²) in [6.45, 7) is 1.61. The van der Waals surface area contributed by atoms with Crippen LogP contribution in [0.5, 0.6) is 0 Å². The average molecular weight is 435 g/mol. The highest BCUT2D eigenvalue weighted by molar-refractivity contribution is 8.07. The molecule has 0 radical (unpaired) electrons. The lowest BCUT2D eigenvalue weighted by Gasteiger charge is -2.26. The number of carbonyl (C=O) groups is 3. The Balaban J connectivity index is 2.01. The molecule has 2 atom stereocenters. The summed E-state index contributed by atoms with van der Waals surface area (Å²) in [6.07, 6.45) is 0. The molecule has 1 aliphatic rings. The van der Waals surface area contributed by atoms with Gasteiger partial charge >= 0.3 is 11.9 Å². The van der Waals surface area contributed by atoms with Crippen LogP contribution in [0.25, 0.3) is 0 Å². The molecule has 0 aromatic carbocycles. The van der Waals surface area contributed by atoms with Crippen molar-refractivity contribution >= 4 is 74.2 Å². The highest BCUT2D eigenvalue weighted by Crippen LogP contribution is 2.49. The predicted molar refractivity (Wildman–Crippen MR) is 94.6 cm³/mol. The number of esters is 2. The van der Waals surface area contributed by atoms with E-state index < -0.39 is 27.9 Å². The summed E-state index contributed by atoms with van der Waals surface area (Å²) in [6, 6.07) is 0. The molecule has 1 saturated heterocycles. The summed E-state index contributed by atoms with van der Waals surface area (Å²) >= 11 is 3.57. The van der Waals surface area contributed by atoms with E-state index in [2.05, 4.69) is 20.4 Å². The molecule has 138 valence electrons. The summed E-state index contributed by atoms with van der Waals surface area (Å²) < 4.78 is 10.8. The molecule has 3 rings (SSSR count). The quantitative estimate of drug-likeness (QED) is 0.466. The van der Waals surface area contributed by atoms with Crippen LogP contribution in [0.2, 0.25) is 0 Å². The average Bonchev–Trinajstić information content (AvgIpc) is 3.24. The van der Waals surface area contributed by atoms with Gasteiger partial charge in [0.1, 0.15) is 5.25 Å². The number of rotatable bonds is 6. The number of aromatic nitrogens is 4. The first-order chi connectivity index (χ1) is 12.4. The lowest BCUT2D eigenvalue weighted by atomic mass is 10.2. The van der Waals surface area contributed by atoms with E-state index >= 15 is 0 Å². The van der Waals surface area contributed by atoms with E-state index in [4.69, 9.17) is 20.9 Å². The third-order valence-electron chi connectivity index (χ3n) is 2.89. The second kappa shape index (κ2) is 7.34. The van der Waals surface area contributed by atoms with Crippen molar-refractivity contribution in [1.82, 2.24) is 20.4 Å². The number of hydrogen-bond donors (Lipinski definition) is 2. The van der Waals surface area contributed by atoms with Gasteiger partial charge in [-0.3, -0.25) is 4.79 Å². The minimum atomic E-state index is -1.98. The number of nitrogens with two attached hydrogens (primary N) is 2. The molecule has 1 fully saturated rings. The third-order valence-corrected chi connectivity index (χ3v) is 7.28. The Morgan fingerprint density at radius 2 is 1.81 bits per heavy atom. The van der Waals surface area contributed by atoms with Crippen molar-refractivity contribution in [3.05, 3.63) is 0 Å². The second-order valence-corrected chi connectivity index (χ2v) is 9.38. The van der Waals surface area contributed by atoms with Crippen LogP contribution in [-0.4, -0.2) is 54.9 Å². The Morgan fingerprint density at radius 1 is 1.19 bits per heavy atom. The summed E-state index contributed by atoms with van der Waals surface area (Å²) in [7, 11) is 0. The number of cyclic esters (lactones) is 1. The number of hydrogen-bond acceptors (Lipinski definition) is 15. The number of ketones is 1. The van der Waals surface area contributed by atoms with Crippen LogP contribution in [0.1, 0.15) is 6.92 Å². The molecule has 1 aliphatic heterocycles. The molecule has 2 aromatic rings. The smallest absolute Gasteiger partial charge is 0.378 e. The predicted octanol–water partition coefficient (Wildman–Crippen LogP) is 0.192. The zero-order valence-corrected chi connectivity index (χ0v) is 16.2. The van der Waals surface area contributed by atoms with Gasteiger partial charge in [-0.1, -0.05) is 34.4 Å². The zero-order valence-electron chi connectivity index (χ0n) is 12.9. The Labute approximate surface area is 162 Å². The second-order valence-electron chi connectivity index (χ2n) is 4.55. The molecule has 0 saturated carbocycles. The number of nitrogen functional groups attached to an aromatic ring is 2. The van der Waals surface area contributed by atoms with Gasteiger partial charge in [-0.25, -0.2) is 9.59 Å². The number of anilines is 2. The largest absolute Gasteiger partial charge is 0.462 e. The molecule has 3 heterocycles. The fourth-order valence-electron chi connectivity index (χ4n) is 1.91. The molecule has 11 nitrogen and oxygen atoms in total. The van der Waals surface area contributed by atoms with Crippen molar-refractivity contribution in [3.63, 3.8) is 0 Å². The topological polar surface area (TPSA) is 173 Å². The van der Waals surface area contributed by atoms with Gasteiger partial charge in [-0.15, -0.1) is 20.4 Å². The van der Waals surface area contributed by atoms with Crippen molar-refractivity contribution in [3.8, 4) is 0 Å². The highest BCUT2D eigenvalue weighted by atomic mass is 32.2. The van der Waals surface area contributed by atoms with Crippen LogP contribution in [0.15, 0.2) is 8.68 Å². The molecule has 0 spiro atoms. The van der Waals surface area contributed by atoms with E-state index in [0.717, 1.165) is 46.2 Å². The number of carbonyl (C=O) groups excluding carboxylic acids is 3. The molecule has 0 amide bonds. The van der Waals surface area contributed by atoms with Crippen molar-refractivity contribution in [2.45, 2.75) is 25.8 Å². The summed E-state index contributed by atoms with van der Waals surface area (Å²) in [5.41, 5.74) is 11.1. The van der Waals surface area contributed by atoms with E-state index in [1.165, 1.54) is 0 Å². The summed E-state index contributed by atoms with van der Waals surface area (Å²) in [4.78, 5) is 35.0. The van der Waals surface area contributed by atoms with Gasteiger partial charge in [0.15, 0.2) is 8.68 Å². The molecule has 4 N–H and O–H groups in total. The lowest BCUT2D eigenvalue weighted by Crippen LogP contribution is -2.45. The number of thioether (sulfide) groups is 2. The first-order valence-electron chi connectivity index (χ1n) is 6.83. The first-order valence-corrected chi connectivity index (χ1v) is 10.2. The van der Waals surface area contributed by atoms with Crippen molar-refractivity contribution in [1.29, 1.82) is 0 Å². The molecule has 2 aromatic heterocycles. The zero-order chi connectivity index (χ0) is 18.9. The van der Waals surface area contributed by atoms with Crippen LogP contribution in [0.4, 0.5) is 10.3 Å². The minimum absolute atomic E-state index is 0.0221. The van der Waals surface area contributed by atoms with Gasteiger partial charge in [-0.05, 0) is 18.7 Å². The van der Waals surface area contributed by atoms with Gasteiger partial charge in [0.25, 0.3) is 10.7 Å². The minimum Gasteiger partial charge on any atom is -0.462 e. The van der Waals surface area contributed by atoms with Gasteiger partial charge in [-0.2, -0.15) is 0 Å². The van der Waals surface area contributed by atoms with E-state index in [9.17, 15) is 14.4 Å². The maximum atomic E-state index is 12.7. The maximum absolute atomic E-state index is 12.7. The fourth-order valence-corrected chi connectivity index (χ4v) is 6.02. The number of ether oxygens (including phenoxy) is 2. The third kappa shape index (κ3) is 3.46. The summed E-state index contributed by atoms with van der Waals surface area (Å²) in [5, 5.41) is 14.0. The monoisotopic (exact) mass is 434 g/mol. The van der Waals surface area contributed by atoms with Gasteiger partial charge in [0, 0.05) is 0 Å². The maximum Gasteiger partial charge on any atom is 0.378 e. The normalized spacial score (nSPS) is 22.4. The van der Waals surface area contributed by atoms with E-state index in [0.29, 0.717) is 4.34 Å². The standard InChI is InChI=1S/C11H10N6O5S4/c1-2-21-6(20)11(26-10-17-15-8(13)25-10)4(3(18)5(19)22-11)23-9-16-14-7(12)24-9/h4H,2H2,1H3,(H2,12,14)(H2,13,15). The highest BCUT2D eigenvalue weighted by Gasteiger charge is 2.64. The molecule has 0 aliphatic carbocycles. The van der Waals surface area contributed by atoms with Crippen LogP contribution in [-0.2, 0) is 23.9 Å². The SMILES string of the molecule is CCOC(=O)C1(Sc2nnc(N)s2)OC(=O)C(=O)C1Sc1nnc(N)s1. The molecular formula is C11H10N6O5S4. The van der Waals surface area contributed by atoms with Gasteiger partial charge in [0.05, 0.1) is 6.61 Å². The van der Waals surface area contributed by atoms with E-state index in [1.54, 1.807) is 6.92 Å². The lowest BCUT2D eigenvalue weighted by molar-refractivity contribution is -0.164. The van der Waals surface area contributed by atoms with Crippen LogP contribution >= 0.6 is 46.2 Å². The summed E-state index contributed by atoms with van der Waals surface area (Å²) in [5.74, 6) is -2.95.